The largest absolute Gasteiger partial charge is 0.478 e. The van der Waals surface area contributed by atoms with Gasteiger partial charge < -0.3 is 14.4 Å². The fourth-order valence-corrected chi connectivity index (χ4v) is 4.94. The average Bonchev–Trinajstić information content (AvgIpc) is 2.73. The molecule has 0 radical (unpaired) electrons. The summed E-state index contributed by atoms with van der Waals surface area (Å²) in [5.74, 6) is -1.52. The van der Waals surface area contributed by atoms with Crippen LogP contribution in [0.4, 0.5) is 0 Å². The molecule has 0 aromatic heterocycles. The van der Waals surface area contributed by atoms with Gasteiger partial charge in [0.15, 0.2) is 0 Å². The van der Waals surface area contributed by atoms with Gasteiger partial charge in [0, 0.05) is 6.16 Å². The van der Waals surface area contributed by atoms with Crippen molar-refractivity contribution in [3.05, 3.63) is 59.7 Å². The van der Waals surface area contributed by atoms with Crippen molar-refractivity contribution in [1.82, 2.24) is 0 Å². The van der Waals surface area contributed by atoms with Crippen molar-refractivity contribution >= 4 is 19.3 Å². The summed E-state index contributed by atoms with van der Waals surface area (Å²) in [5.41, 5.74) is 2.42. The van der Waals surface area contributed by atoms with Crippen molar-refractivity contribution in [2.45, 2.75) is 32.8 Å². The number of aromatic carboxylic acids is 1. The van der Waals surface area contributed by atoms with E-state index in [0.717, 1.165) is 30.4 Å². The summed E-state index contributed by atoms with van der Waals surface area (Å²) in [7, 11) is -1.86. The number of ether oxygens (including phenoxy) is 1. The molecule has 0 spiro atoms. The van der Waals surface area contributed by atoms with E-state index < -0.39 is 19.3 Å². The lowest BCUT2D eigenvalue weighted by atomic mass is 9.99. The van der Waals surface area contributed by atoms with Gasteiger partial charge in [0.2, 0.25) is 7.37 Å². The molecule has 0 fully saturated rings. The molecule has 1 N–H and O–H groups in total. The SMILES string of the molecule is CCCCCP(=O)(CC(=O)OC)OCc1ccc(-c2ccccc2C(=O)O)cc1. The third kappa shape index (κ3) is 6.84. The maximum Gasteiger partial charge on any atom is 0.336 e. The number of methoxy groups -OCH3 is 1. The first-order valence-electron chi connectivity index (χ1n) is 9.59. The van der Waals surface area contributed by atoms with Crippen molar-refractivity contribution in [1.29, 1.82) is 0 Å². The summed E-state index contributed by atoms with van der Waals surface area (Å²) in [4.78, 5) is 23.0. The molecular formula is C22H27O6P. The van der Waals surface area contributed by atoms with Gasteiger partial charge in [-0.2, -0.15) is 0 Å². The van der Waals surface area contributed by atoms with Gasteiger partial charge in [-0.05, 0) is 29.2 Å². The molecule has 0 saturated carbocycles. The zero-order valence-corrected chi connectivity index (χ0v) is 17.7. The maximum absolute atomic E-state index is 13.1. The first-order valence-corrected chi connectivity index (χ1v) is 11.6. The van der Waals surface area contributed by atoms with Crippen LogP contribution in [0.2, 0.25) is 0 Å². The van der Waals surface area contributed by atoms with Gasteiger partial charge in [-0.3, -0.25) is 9.36 Å². The summed E-state index contributed by atoms with van der Waals surface area (Å²) in [6, 6.07) is 14.0. The molecule has 29 heavy (non-hydrogen) atoms. The number of carboxylic acids is 1. The van der Waals surface area contributed by atoms with E-state index in [1.165, 1.54) is 7.11 Å². The molecule has 0 bridgehead atoms. The second-order valence-electron chi connectivity index (χ2n) is 6.80. The Balaban J connectivity index is 2.10. The minimum absolute atomic E-state index is 0.112. The number of carboxylic acid groups (broad SMARTS) is 1. The Morgan fingerprint density at radius 1 is 1.03 bits per heavy atom. The Labute approximate surface area is 171 Å². The van der Waals surface area contributed by atoms with E-state index in [-0.39, 0.29) is 18.3 Å². The van der Waals surface area contributed by atoms with Crippen LogP contribution < -0.4 is 0 Å². The van der Waals surface area contributed by atoms with E-state index in [1.54, 1.807) is 24.3 Å². The number of carbonyl (C=O) groups is 2. The molecule has 7 heteroatoms. The lowest BCUT2D eigenvalue weighted by Gasteiger charge is -2.18. The van der Waals surface area contributed by atoms with Crippen molar-refractivity contribution in [2.75, 3.05) is 19.4 Å². The smallest absolute Gasteiger partial charge is 0.336 e. The Morgan fingerprint density at radius 3 is 2.34 bits per heavy atom. The highest BCUT2D eigenvalue weighted by Crippen LogP contribution is 2.48. The Kier molecular flexibility index (Phi) is 8.62. The van der Waals surface area contributed by atoms with Gasteiger partial charge in [0.1, 0.15) is 6.16 Å². The molecule has 6 nitrogen and oxygen atoms in total. The highest BCUT2D eigenvalue weighted by molar-refractivity contribution is 7.59. The first-order chi connectivity index (χ1) is 13.9. The normalized spacial score (nSPS) is 12.9. The molecule has 2 aromatic carbocycles. The van der Waals surface area contributed by atoms with Gasteiger partial charge in [-0.1, -0.05) is 62.2 Å². The van der Waals surface area contributed by atoms with Gasteiger partial charge in [0.05, 0.1) is 19.3 Å². The zero-order valence-electron chi connectivity index (χ0n) is 16.8. The highest BCUT2D eigenvalue weighted by atomic mass is 31.2. The van der Waals surface area contributed by atoms with E-state index in [2.05, 4.69) is 11.7 Å². The standard InChI is InChI=1S/C22H27O6P/c1-3-4-7-14-29(26,16-21(23)27-2)28-15-17-10-12-18(13-11-17)19-8-5-6-9-20(19)22(24)25/h5-6,8-13H,3-4,7,14-16H2,1-2H3,(H,24,25). The number of carbonyl (C=O) groups excluding carboxylic acids is 1. The van der Waals surface area contributed by atoms with E-state index in [1.807, 2.05) is 24.3 Å². The highest BCUT2D eigenvalue weighted by Gasteiger charge is 2.27. The molecule has 156 valence electrons. The quantitative estimate of drug-likeness (QED) is 0.306. The van der Waals surface area contributed by atoms with Crippen LogP contribution >= 0.6 is 7.37 Å². The second-order valence-corrected chi connectivity index (χ2v) is 9.45. The molecule has 2 rings (SSSR count). The molecule has 0 heterocycles. The van der Waals surface area contributed by atoms with Gasteiger partial charge in [-0.15, -0.1) is 0 Å². The van der Waals surface area contributed by atoms with Crippen molar-refractivity contribution in [3.8, 4) is 11.1 Å². The number of hydrogen-bond donors (Lipinski definition) is 1. The topological polar surface area (TPSA) is 89.9 Å². The summed E-state index contributed by atoms with van der Waals surface area (Å²) < 4.78 is 23.4. The van der Waals surface area contributed by atoms with Gasteiger partial charge >= 0.3 is 11.9 Å². The van der Waals surface area contributed by atoms with Crippen LogP contribution in [0.15, 0.2) is 48.5 Å². The van der Waals surface area contributed by atoms with Crippen molar-refractivity contribution in [3.63, 3.8) is 0 Å². The second kappa shape index (κ2) is 10.9. The molecule has 1 unspecified atom stereocenters. The average molecular weight is 418 g/mol. The summed E-state index contributed by atoms with van der Waals surface area (Å²) in [6.07, 6.45) is 2.76. The van der Waals surface area contributed by atoms with Crippen molar-refractivity contribution in [2.24, 2.45) is 0 Å². The van der Waals surface area contributed by atoms with Crippen LogP contribution in [0.25, 0.3) is 11.1 Å². The van der Waals surface area contributed by atoms with E-state index >= 15 is 0 Å². The van der Waals surface area contributed by atoms with Crippen LogP contribution in [-0.4, -0.2) is 36.5 Å². The molecular weight excluding hydrogens is 391 g/mol. The molecule has 2 aromatic rings. The van der Waals surface area contributed by atoms with Crippen LogP contribution in [0, 0.1) is 0 Å². The van der Waals surface area contributed by atoms with E-state index in [0.29, 0.717) is 11.7 Å². The molecule has 1 atom stereocenters. The maximum atomic E-state index is 13.1. The fourth-order valence-electron chi connectivity index (χ4n) is 2.95. The molecule has 0 saturated heterocycles. The third-order valence-corrected chi connectivity index (χ3v) is 6.93. The van der Waals surface area contributed by atoms with Crippen molar-refractivity contribution < 1.29 is 28.5 Å². The first kappa shape index (κ1) is 22.9. The molecule has 0 aliphatic carbocycles. The minimum Gasteiger partial charge on any atom is -0.478 e. The predicted molar refractivity (Wildman–Crippen MR) is 113 cm³/mol. The Morgan fingerprint density at radius 2 is 1.72 bits per heavy atom. The number of unbranched alkanes of at least 4 members (excludes halogenated alkanes) is 2. The number of esters is 1. The third-order valence-electron chi connectivity index (χ3n) is 4.59. The Bertz CT molecular complexity index is 875. The van der Waals surface area contributed by atoms with Crippen LogP contribution in [0.3, 0.4) is 0 Å². The van der Waals surface area contributed by atoms with Gasteiger partial charge in [-0.25, -0.2) is 4.79 Å². The zero-order chi connectivity index (χ0) is 21.3. The Hall–Kier alpha value is -2.43. The lowest BCUT2D eigenvalue weighted by molar-refractivity contribution is -0.137. The summed E-state index contributed by atoms with van der Waals surface area (Å²) in [5, 5.41) is 9.35. The lowest BCUT2D eigenvalue weighted by Crippen LogP contribution is -2.11. The van der Waals surface area contributed by atoms with Crippen LogP contribution in [0.1, 0.15) is 42.1 Å². The summed E-state index contributed by atoms with van der Waals surface area (Å²) in [6.45, 7) is 2.16. The van der Waals surface area contributed by atoms with Crippen LogP contribution in [0.5, 0.6) is 0 Å². The molecule has 0 amide bonds. The monoisotopic (exact) mass is 418 g/mol. The summed E-state index contributed by atoms with van der Waals surface area (Å²) >= 11 is 0. The number of benzene rings is 2. The predicted octanol–water partition coefficient (Wildman–Crippen LogP) is 5.21. The van der Waals surface area contributed by atoms with E-state index in [4.69, 9.17) is 4.52 Å². The molecule has 0 aliphatic rings. The molecule has 0 aliphatic heterocycles. The van der Waals surface area contributed by atoms with E-state index in [9.17, 15) is 19.3 Å². The van der Waals surface area contributed by atoms with Crippen LogP contribution in [-0.2, 0) is 25.2 Å². The number of rotatable bonds is 11. The fraction of sp³-hybridized carbons (Fsp3) is 0.364. The number of hydrogen-bond acceptors (Lipinski definition) is 5. The minimum atomic E-state index is -3.13. The van der Waals surface area contributed by atoms with Gasteiger partial charge in [0.25, 0.3) is 0 Å².